The maximum absolute atomic E-state index is 12.6. The Kier molecular flexibility index (Phi) is 4.53. The zero-order chi connectivity index (χ0) is 16.5. The molecule has 2 aromatic carbocycles. The van der Waals surface area contributed by atoms with Gasteiger partial charge in [0.2, 0.25) is 10.0 Å². The van der Waals surface area contributed by atoms with E-state index in [0.717, 1.165) is 10.9 Å². The summed E-state index contributed by atoms with van der Waals surface area (Å²) in [5, 5.41) is 10.6. The van der Waals surface area contributed by atoms with Crippen molar-refractivity contribution < 1.29 is 18.3 Å². The van der Waals surface area contributed by atoms with Crippen molar-refractivity contribution in [3.63, 3.8) is 0 Å². The van der Waals surface area contributed by atoms with Crippen molar-refractivity contribution in [3.8, 4) is 0 Å². The highest BCUT2D eigenvalue weighted by Gasteiger charge is 2.29. The zero-order valence-electron chi connectivity index (χ0n) is 12.7. The second kappa shape index (κ2) is 6.06. The molecule has 0 unspecified atom stereocenters. The van der Waals surface area contributed by atoms with Gasteiger partial charge in [0.1, 0.15) is 6.04 Å². The summed E-state index contributed by atoms with van der Waals surface area (Å²) < 4.78 is 27.5. The average molecular weight is 321 g/mol. The number of sulfonamides is 1. The molecular weight excluding hydrogens is 302 g/mol. The van der Waals surface area contributed by atoms with Gasteiger partial charge in [0, 0.05) is 5.39 Å². The smallest absolute Gasteiger partial charge is 0.322 e. The van der Waals surface area contributed by atoms with Crippen LogP contribution in [0.4, 0.5) is 0 Å². The fraction of sp³-hybridized carbons (Fsp3) is 0.312. The van der Waals surface area contributed by atoms with Crippen LogP contribution in [0.25, 0.3) is 10.8 Å². The Morgan fingerprint density at radius 3 is 2.23 bits per heavy atom. The quantitative estimate of drug-likeness (QED) is 0.886. The second-order valence-corrected chi connectivity index (χ2v) is 7.29. The van der Waals surface area contributed by atoms with Crippen LogP contribution in [0.15, 0.2) is 41.3 Å². The van der Waals surface area contributed by atoms with Gasteiger partial charge in [0.25, 0.3) is 0 Å². The number of benzene rings is 2. The lowest BCUT2D eigenvalue weighted by Crippen LogP contribution is -2.44. The van der Waals surface area contributed by atoms with Gasteiger partial charge in [-0.1, -0.05) is 44.2 Å². The zero-order valence-corrected chi connectivity index (χ0v) is 13.5. The summed E-state index contributed by atoms with van der Waals surface area (Å²) in [5.74, 6) is -1.54. The van der Waals surface area contributed by atoms with Crippen LogP contribution in [-0.2, 0) is 14.8 Å². The van der Waals surface area contributed by atoms with Crippen LogP contribution in [-0.4, -0.2) is 25.5 Å². The minimum atomic E-state index is -3.92. The monoisotopic (exact) mass is 321 g/mol. The lowest BCUT2D eigenvalue weighted by atomic mass is 10.1. The molecule has 0 spiro atoms. The Bertz CT molecular complexity index is 812. The van der Waals surface area contributed by atoms with E-state index < -0.39 is 22.0 Å². The summed E-state index contributed by atoms with van der Waals surface area (Å²) in [6, 6.07) is 9.25. The maximum Gasteiger partial charge on any atom is 0.322 e. The van der Waals surface area contributed by atoms with Gasteiger partial charge in [-0.05, 0) is 29.9 Å². The summed E-state index contributed by atoms with van der Waals surface area (Å²) in [6.45, 7) is 5.23. The number of nitrogens with one attached hydrogen (secondary N) is 1. The molecule has 0 bridgehead atoms. The first-order valence-electron chi connectivity index (χ1n) is 6.97. The van der Waals surface area contributed by atoms with Gasteiger partial charge in [0.05, 0.1) is 4.90 Å². The molecular formula is C16H19NO4S. The van der Waals surface area contributed by atoms with Gasteiger partial charge in [-0.25, -0.2) is 8.42 Å². The third kappa shape index (κ3) is 3.13. The summed E-state index contributed by atoms with van der Waals surface area (Å²) in [4.78, 5) is 11.3. The number of carboxylic acid groups (broad SMARTS) is 1. The van der Waals surface area contributed by atoms with Gasteiger partial charge in [-0.15, -0.1) is 0 Å². The van der Waals surface area contributed by atoms with E-state index in [4.69, 9.17) is 0 Å². The first-order valence-corrected chi connectivity index (χ1v) is 8.46. The van der Waals surface area contributed by atoms with Gasteiger partial charge in [-0.3, -0.25) is 4.79 Å². The number of carbonyl (C=O) groups is 1. The molecule has 22 heavy (non-hydrogen) atoms. The van der Waals surface area contributed by atoms with E-state index in [1.54, 1.807) is 32.0 Å². The van der Waals surface area contributed by atoms with E-state index >= 15 is 0 Å². The van der Waals surface area contributed by atoms with E-state index in [1.165, 1.54) is 6.07 Å². The highest BCUT2D eigenvalue weighted by atomic mass is 32.2. The molecule has 0 amide bonds. The summed E-state index contributed by atoms with van der Waals surface area (Å²) in [6.07, 6.45) is 0. The van der Waals surface area contributed by atoms with Crippen molar-refractivity contribution in [2.45, 2.75) is 31.7 Å². The normalized spacial score (nSPS) is 13.5. The first-order chi connectivity index (χ1) is 10.2. The molecule has 6 heteroatoms. The average Bonchev–Trinajstić information content (AvgIpc) is 2.44. The number of aryl methyl sites for hydroxylation is 1. The highest BCUT2D eigenvalue weighted by Crippen LogP contribution is 2.26. The lowest BCUT2D eigenvalue weighted by molar-refractivity contribution is -0.140. The molecule has 5 nitrogen and oxygen atoms in total. The van der Waals surface area contributed by atoms with Crippen molar-refractivity contribution >= 4 is 26.8 Å². The van der Waals surface area contributed by atoms with E-state index in [9.17, 15) is 18.3 Å². The minimum absolute atomic E-state index is 0.0978. The highest BCUT2D eigenvalue weighted by molar-refractivity contribution is 7.89. The number of fused-ring (bicyclic) bond motifs is 1. The Hall–Kier alpha value is -1.92. The fourth-order valence-corrected chi connectivity index (χ4v) is 3.91. The van der Waals surface area contributed by atoms with E-state index in [2.05, 4.69) is 4.72 Å². The minimum Gasteiger partial charge on any atom is -0.480 e. The first kappa shape index (κ1) is 16.5. The summed E-state index contributed by atoms with van der Waals surface area (Å²) in [7, 11) is -3.92. The van der Waals surface area contributed by atoms with Crippen LogP contribution < -0.4 is 4.72 Å². The molecule has 0 aliphatic heterocycles. The molecule has 0 fully saturated rings. The fourth-order valence-electron chi connectivity index (χ4n) is 2.36. The number of carboxylic acids is 1. The number of aliphatic carboxylic acids is 1. The molecule has 0 aliphatic rings. The summed E-state index contributed by atoms with van der Waals surface area (Å²) in [5.41, 5.74) is 0.966. The van der Waals surface area contributed by atoms with Crippen molar-refractivity contribution in [3.05, 3.63) is 42.0 Å². The maximum atomic E-state index is 12.6. The van der Waals surface area contributed by atoms with Crippen molar-refractivity contribution in [1.29, 1.82) is 0 Å². The predicted octanol–water partition coefficient (Wildman–Crippen LogP) is 2.54. The SMILES string of the molecule is Cc1ccc(S(=O)(=O)N[C@@H](C(=O)O)C(C)C)c2ccccc12. The molecule has 0 radical (unpaired) electrons. The third-order valence-corrected chi connectivity index (χ3v) is 5.11. The van der Waals surface area contributed by atoms with Crippen LogP contribution in [0.1, 0.15) is 19.4 Å². The molecule has 0 saturated carbocycles. The molecule has 2 N–H and O–H groups in total. The van der Waals surface area contributed by atoms with Crippen molar-refractivity contribution in [2.24, 2.45) is 5.92 Å². The van der Waals surface area contributed by atoms with E-state index in [1.807, 2.05) is 19.1 Å². The molecule has 0 aromatic heterocycles. The van der Waals surface area contributed by atoms with E-state index in [-0.39, 0.29) is 10.8 Å². The number of hydrogen-bond donors (Lipinski definition) is 2. The largest absolute Gasteiger partial charge is 0.480 e. The molecule has 0 heterocycles. The van der Waals surface area contributed by atoms with Crippen LogP contribution in [0.2, 0.25) is 0 Å². The van der Waals surface area contributed by atoms with Crippen LogP contribution in [0, 0.1) is 12.8 Å². The topological polar surface area (TPSA) is 83.5 Å². The van der Waals surface area contributed by atoms with Crippen LogP contribution in [0.3, 0.4) is 0 Å². The number of rotatable bonds is 5. The van der Waals surface area contributed by atoms with Gasteiger partial charge < -0.3 is 5.11 Å². The summed E-state index contributed by atoms with van der Waals surface area (Å²) >= 11 is 0. The molecule has 0 aliphatic carbocycles. The second-order valence-electron chi connectivity index (χ2n) is 5.61. The van der Waals surface area contributed by atoms with Gasteiger partial charge >= 0.3 is 5.97 Å². The molecule has 2 aromatic rings. The van der Waals surface area contributed by atoms with Gasteiger partial charge in [0.15, 0.2) is 0 Å². The Morgan fingerprint density at radius 2 is 1.68 bits per heavy atom. The van der Waals surface area contributed by atoms with Crippen LogP contribution in [0.5, 0.6) is 0 Å². The molecule has 118 valence electrons. The Morgan fingerprint density at radius 1 is 1.09 bits per heavy atom. The Labute approximate surface area is 130 Å². The van der Waals surface area contributed by atoms with Crippen LogP contribution >= 0.6 is 0 Å². The van der Waals surface area contributed by atoms with E-state index in [0.29, 0.717) is 5.39 Å². The predicted molar refractivity (Wildman–Crippen MR) is 85.3 cm³/mol. The number of hydrogen-bond acceptors (Lipinski definition) is 3. The molecule has 0 saturated heterocycles. The van der Waals surface area contributed by atoms with Crippen molar-refractivity contribution in [1.82, 2.24) is 4.72 Å². The molecule has 1 atom stereocenters. The Balaban J connectivity index is 2.55. The standard InChI is InChI=1S/C16H19NO4S/c1-10(2)15(16(18)19)17-22(20,21)14-9-8-11(3)12-6-4-5-7-13(12)14/h4-10,15,17H,1-3H3,(H,18,19)/t15-/m1/s1. The van der Waals surface area contributed by atoms with Gasteiger partial charge in [-0.2, -0.15) is 4.72 Å². The lowest BCUT2D eigenvalue weighted by Gasteiger charge is -2.19. The van der Waals surface area contributed by atoms with Crippen molar-refractivity contribution in [2.75, 3.05) is 0 Å². The molecule has 2 rings (SSSR count). The third-order valence-electron chi connectivity index (χ3n) is 3.61.